The Morgan fingerprint density at radius 2 is 1.08 bits per heavy atom. The number of hydrogen-bond donors (Lipinski definition) is 1. The Labute approximate surface area is 145 Å². The van der Waals surface area contributed by atoms with Gasteiger partial charge in [-0.05, 0) is 22.9 Å². The van der Waals surface area contributed by atoms with E-state index in [0.717, 1.165) is 27.5 Å². The summed E-state index contributed by atoms with van der Waals surface area (Å²) >= 11 is 0. The van der Waals surface area contributed by atoms with Crippen molar-refractivity contribution in [3.05, 3.63) is 108 Å². The first-order valence-electron chi connectivity index (χ1n) is 8.36. The Kier molecular flexibility index (Phi) is 2.97. The van der Waals surface area contributed by atoms with Crippen molar-refractivity contribution in [1.82, 2.24) is 0 Å². The van der Waals surface area contributed by atoms with Crippen LogP contribution in [0.15, 0.2) is 91.0 Å². The molecule has 0 amide bonds. The highest BCUT2D eigenvalue weighted by Gasteiger charge is 2.42. The number of rotatable bonds is 1. The fourth-order valence-electron chi connectivity index (χ4n) is 3.80. The van der Waals surface area contributed by atoms with Gasteiger partial charge in [0.05, 0.1) is 0 Å². The van der Waals surface area contributed by atoms with Gasteiger partial charge in [-0.1, -0.05) is 78.9 Å². The van der Waals surface area contributed by atoms with Gasteiger partial charge >= 0.3 is 0 Å². The number of hydrogen-bond acceptors (Lipinski definition) is 2. The summed E-state index contributed by atoms with van der Waals surface area (Å²) in [6.45, 7) is 0. The van der Waals surface area contributed by atoms with Crippen LogP contribution < -0.4 is 4.74 Å². The smallest absolute Gasteiger partial charge is 0.148 e. The molecule has 1 heterocycles. The molecule has 5 rings (SSSR count). The quantitative estimate of drug-likeness (QED) is 0.519. The van der Waals surface area contributed by atoms with Gasteiger partial charge < -0.3 is 9.84 Å². The molecule has 0 aliphatic carbocycles. The van der Waals surface area contributed by atoms with Crippen LogP contribution >= 0.6 is 0 Å². The van der Waals surface area contributed by atoms with Gasteiger partial charge in [0.2, 0.25) is 0 Å². The topological polar surface area (TPSA) is 29.5 Å². The minimum absolute atomic E-state index is 0.691. The first kappa shape index (κ1) is 14.3. The number of aliphatic hydroxyl groups is 1. The van der Waals surface area contributed by atoms with Crippen molar-refractivity contribution in [2.24, 2.45) is 0 Å². The highest BCUT2D eigenvalue weighted by Crippen LogP contribution is 2.51. The molecule has 2 heteroatoms. The number of para-hydroxylation sites is 2. The minimum atomic E-state index is -1.26. The van der Waals surface area contributed by atoms with Crippen LogP contribution in [0, 0.1) is 0 Å². The van der Waals surface area contributed by atoms with Crippen molar-refractivity contribution < 1.29 is 9.84 Å². The Morgan fingerprint density at radius 3 is 1.80 bits per heavy atom. The van der Waals surface area contributed by atoms with E-state index in [0.29, 0.717) is 11.5 Å². The number of fused-ring (bicyclic) bond motifs is 3. The van der Waals surface area contributed by atoms with Gasteiger partial charge in [-0.15, -0.1) is 0 Å². The highest BCUT2D eigenvalue weighted by atomic mass is 16.5. The second kappa shape index (κ2) is 5.20. The van der Waals surface area contributed by atoms with Gasteiger partial charge in [-0.25, -0.2) is 0 Å². The van der Waals surface area contributed by atoms with Crippen molar-refractivity contribution in [3.8, 4) is 11.5 Å². The summed E-state index contributed by atoms with van der Waals surface area (Å²) in [5.41, 5.74) is 1.15. The lowest BCUT2D eigenvalue weighted by Gasteiger charge is -2.37. The fraction of sp³-hybridized carbons (Fsp3) is 0.0435. The molecule has 0 unspecified atom stereocenters. The monoisotopic (exact) mass is 324 g/mol. The molecule has 2 nitrogen and oxygen atoms in total. The summed E-state index contributed by atoms with van der Waals surface area (Å²) in [6, 6.07) is 29.6. The predicted molar refractivity (Wildman–Crippen MR) is 99.0 cm³/mol. The van der Waals surface area contributed by atoms with Crippen LogP contribution in [0.1, 0.15) is 16.7 Å². The van der Waals surface area contributed by atoms with E-state index in [-0.39, 0.29) is 0 Å². The molecule has 0 saturated heterocycles. The lowest BCUT2D eigenvalue weighted by Crippen LogP contribution is -2.32. The average molecular weight is 324 g/mol. The van der Waals surface area contributed by atoms with Crippen molar-refractivity contribution >= 4 is 10.8 Å². The van der Waals surface area contributed by atoms with Gasteiger partial charge in [0.25, 0.3) is 0 Å². The van der Waals surface area contributed by atoms with Crippen molar-refractivity contribution in [2.45, 2.75) is 5.60 Å². The van der Waals surface area contributed by atoms with E-state index in [1.54, 1.807) is 0 Å². The van der Waals surface area contributed by atoms with E-state index >= 15 is 0 Å². The third-order valence-corrected chi connectivity index (χ3v) is 4.95. The van der Waals surface area contributed by atoms with E-state index in [2.05, 4.69) is 18.2 Å². The first-order valence-corrected chi connectivity index (χ1v) is 8.36. The van der Waals surface area contributed by atoms with Gasteiger partial charge in [-0.2, -0.15) is 0 Å². The summed E-state index contributed by atoms with van der Waals surface area (Å²) in [4.78, 5) is 0. The summed E-state index contributed by atoms with van der Waals surface area (Å²) in [5.74, 6) is 1.38. The first-order chi connectivity index (χ1) is 12.3. The Bertz CT molecular complexity index is 1050. The largest absolute Gasteiger partial charge is 0.457 e. The molecule has 4 aromatic carbocycles. The van der Waals surface area contributed by atoms with Crippen LogP contribution in [0.25, 0.3) is 10.8 Å². The molecule has 1 aliphatic heterocycles. The van der Waals surface area contributed by atoms with E-state index < -0.39 is 5.60 Å². The Balaban J connectivity index is 1.91. The zero-order chi connectivity index (χ0) is 16.9. The molecule has 1 N–H and O–H groups in total. The van der Waals surface area contributed by atoms with Gasteiger partial charge in [0, 0.05) is 16.7 Å². The second-order valence-electron chi connectivity index (χ2n) is 6.33. The zero-order valence-electron chi connectivity index (χ0n) is 13.5. The lowest BCUT2D eigenvalue weighted by atomic mass is 9.76. The normalized spacial score (nSPS) is 14.4. The fourth-order valence-corrected chi connectivity index (χ4v) is 3.80. The maximum absolute atomic E-state index is 12.1. The van der Waals surface area contributed by atoms with E-state index in [4.69, 9.17) is 4.74 Å². The molecule has 0 fully saturated rings. The minimum Gasteiger partial charge on any atom is -0.457 e. The van der Waals surface area contributed by atoms with Crippen LogP contribution in [0.3, 0.4) is 0 Å². The molecule has 0 spiro atoms. The van der Waals surface area contributed by atoms with Crippen molar-refractivity contribution in [1.29, 1.82) is 0 Å². The van der Waals surface area contributed by atoms with Crippen molar-refractivity contribution in [2.75, 3.05) is 0 Å². The average Bonchev–Trinajstić information content (AvgIpc) is 2.68. The van der Waals surface area contributed by atoms with E-state index in [9.17, 15) is 5.11 Å². The maximum atomic E-state index is 12.1. The third kappa shape index (κ3) is 1.95. The molecule has 0 saturated carbocycles. The summed E-state index contributed by atoms with van der Waals surface area (Å²) < 4.78 is 6.05. The molecule has 0 aromatic heterocycles. The number of benzene rings is 4. The zero-order valence-corrected chi connectivity index (χ0v) is 13.5. The van der Waals surface area contributed by atoms with Gasteiger partial charge in [0.1, 0.15) is 17.1 Å². The molecule has 0 atom stereocenters. The van der Waals surface area contributed by atoms with Crippen LogP contribution in [0.2, 0.25) is 0 Å². The molecule has 1 aliphatic rings. The standard InChI is InChI=1S/C23H16O2/c24-23(18-13-7-9-16-8-1-2-10-17(16)18)19-11-3-5-14-21(19)25-22-15-6-4-12-20(22)23/h1-15,24H. The van der Waals surface area contributed by atoms with E-state index in [1.807, 2.05) is 72.8 Å². The van der Waals surface area contributed by atoms with Crippen molar-refractivity contribution in [3.63, 3.8) is 0 Å². The molecular formula is C23H16O2. The van der Waals surface area contributed by atoms with Crippen LogP contribution in [-0.2, 0) is 5.60 Å². The number of ether oxygens (including phenoxy) is 1. The maximum Gasteiger partial charge on any atom is 0.148 e. The highest BCUT2D eigenvalue weighted by molar-refractivity contribution is 5.88. The van der Waals surface area contributed by atoms with Crippen LogP contribution in [0.5, 0.6) is 11.5 Å². The van der Waals surface area contributed by atoms with Gasteiger partial charge in [0.15, 0.2) is 0 Å². The molecule has 0 radical (unpaired) electrons. The van der Waals surface area contributed by atoms with E-state index in [1.165, 1.54) is 0 Å². The third-order valence-electron chi connectivity index (χ3n) is 4.95. The molecule has 4 aromatic rings. The predicted octanol–water partition coefficient (Wildman–Crippen LogP) is 5.23. The van der Waals surface area contributed by atoms with Crippen LogP contribution in [0.4, 0.5) is 0 Å². The summed E-state index contributed by atoms with van der Waals surface area (Å²) in [5, 5.41) is 14.2. The second-order valence-corrected chi connectivity index (χ2v) is 6.33. The lowest BCUT2D eigenvalue weighted by molar-refractivity contribution is 0.114. The summed E-state index contributed by atoms with van der Waals surface area (Å²) in [6.07, 6.45) is 0. The SMILES string of the molecule is OC1(c2cccc3ccccc23)c2ccccc2Oc2ccccc21. The molecular weight excluding hydrogens is 308 g/mol. The Morgan fingerprint density at radius 1 is 0.560 bits per heavy atom. The summed E-state index contributed by atoms with van der Waals surface area (Å²) in [7, 11) is 0. The molecule has 25 heavy (non-hydrogen) atoms. The van der Waals surface area contributed by atoms with Crippen LogP contribution in [-0.4, -0.2) is 5.11 Å². The Hall–Kier alpha value is -3.10. The molecule has 0 bridgehead atoms. The molecule has 120 valence electrons. The van der Waals surface area contributed by atoms with Gasteiger partial charge in [-0.3, -0.25) is 0 Å².